The molecule has 2 aliphatic rings. The Kier molecular flexibility index (Phi) is 5.77. The molecule has 0 atom stereocenters. The standard InChI is InChI=1S/C22H29N3OS/c1-16-10-12-17(13-11-16)19-20(21(26)23-18-8-4-2-5-9-18)27-22(24-19)25-14-6-3-7-15-25/h10-13,18H,2-9,14-15H2,1H3,(H,23,26). The number of nitrogens with zero attached hydrogens (tertiary/aromatic N) is 2. The van der Waals surface area contributed by atoms with Crippen molar-refractivity contribution in [3.05, 3.63) is 34.7 Å². The number of rotatable bonds is 4. The Labute approximate surface area is 166 Å². The number of aryl methyl sites for hydroxylation is 1. The zero-order valence-electron chi connectivity index (χ0n) is 16.2. The molecule has 1 saturated carbocycles. The van der Waals surface area contributed by atoms with E-state index in [0.717, 1.165) is 47.2 Å². The van der Waals surface area contributed by atoms with E-state index in [2.05, 4.69) is 41.4 Å². The van der Waals surface area contributed by atoms with Gasteiger partial charge < -0.3 is 10.2 Å². The summed E-state index contributed by atoms with van der Waals surface area (Å²) in [6, 6.07) is 8.68. The lowest BCUT2D eigenvalue weighted by Crippen LogP contribution is -2.36. The van der Waals surface area contributed by atoms with Gasteiger partial charge in [-0.05, 0) is 39.0 Å². The van der Waals surface area contributed by atoms with E-state index in [4.69, 9.17) is 4.98 Å². The molecule has 27 heavy (non-hydrogen) atoms. The summed E-state index contributed by atoms with van der Waals surface area (Å²) < 4.78 is 0. The summed E-state index contributed by atoms with van der Waals surface area (Å²) in [6.07, 6.45) is 9.65. The Bertz CT molecular complexity index is 771. The van der Waals surface area contributed by atoms with Crippen molar-refractivity contribution < 1.29 is 4.79 Å². The van der Waals surface area contributed by atoms with E-state index in [1.165, 1.54) is 44.1 Å². The van der Waals surface area contributed by atoms with Gasteiger partial charge in [-0.15, -0.1) is 0 Å². The summed E-state index contributed by atoms with van der Waals surface area (Å²) in [7, 11) is 0. The van der Waals surface area contributed by atoms with Crippen LogP contribution < -0.4 is 10.2 Å². The second-order valence-electron chi connectivity index (χ2n) is 7.90. The molecule has 5 heteroatoms. The number of benzene rings is 1. The van der Waals surface area contributed by atoms with E-state index in [1.807, 2.05) is 0 Å². The first-order valence-corrected chi connectivity index (χ1v) is 11.2. The van der Waals surface area contributed by atoms with Crippen LogP contribution in [0.3, 0.4) is 0 Å². The van der Waals surface area contributed by atoms with Gasteiger partial charge in [-0.1, -0.05) is 60.4 Å². The smallest absolute Gasteiger partial charge is 0.263 e. The normalized spacial score (nSPS) is 18.5. The maximum atomic E-state index is 13.1. The minimum Gasteiger partial charge on any atom is -0.349 e. The maximum absolute atomic E-state index is 13.1. The quantitative estimate of drug-likeness (QED) is 0.792. The van der Waals surface area contributed by atoms with E-state index in [1.54, 1.807) is 11.3 Å². The number of hydrogen-bond donors (Lipinski definition) is 1. The molecular formula is C22H29N3OS. The molecule has 0 bridgehead atoms. The first kappa shape index (κ1) is 18.5. The van der Waals surface area contributed by atoms with Gasteiger partial charge in [0, 0.05) is 24.7 Å². The van der Waals surface area contributed by atoms with Crippen molar-refractivity contribution in [1.82, 2.24) is 10.3 Å². The first-order chi connectivity index (χ1) is 13.2. The number of piperidine rings is 1. The Hall–Kier alpha value is -1.88. The molecule has 0 radical (unpaired) electrons. The highest BCUT2D eigenvalue weighted by atomic mass is 32.1. The number of amides is 1. The zero-order chi connectivity index (χ0) is 18.6. The molecule has 1 N–H and O–H groups in total. The van der Waals surface area contributed by atoms with Crippen molar-refractivity contribution in [3.63, 3.8) is 0 Å². The topological polar surface area (TPSA) is 45.2 Å². The average Bonchev–Trinajstić information content (AvgIpc) is 3.16. The van der Waals surface area contributed by atoms with Crippen LogP contribution in [0.25, 0.3) is 11.3 Å². The van der Waals surface area contributed by atoms with Crippen molar-refractivity contribution in [1.29, 1.82) is 0 Å². The molecule has 1 aliphatic heterocycles. The number of thiazole rings is 1. The fourth-order valence-electron chi connectivity index (χ4n) is 4.09. The van der Waals surface area contributed by atoms with Crippen LogP contribution in [0.1, 0.15) is 66.6 Å². The molecule has 4 rings (SSSR count). The molecule has 0 unspecified atom stereocenters. The van der Waals surface area contributed by atoms with Crippen molar-refractivity contribution in [2.75, 3.05) is 18.0 Å². The fraction of sp³-hybridized carbons (Fsp3) is 0.545. The molecule has 1 amide bonds. The molecule has 1 aliphatic carbocycles. The lowest BCUT2D eigenvalue weighted by Gasteiger charge is -2.25. The zero-order valence-corrected chi connectivity index (χ0v) is 17.0. The number of nitrogens with one attached hydrogen (secondary N) is 1. The Morgan fingerprint density at radius 3 is 2.41 bits per heavy atom. The molecule has 1 aromatic heterocycles. The Morgan fingerprint density at radius 2 is 1.70 bits per heavy atom. The van der Waals surface area contributed by atoms with Gasteiger partial charge in [-0.25, -0.2) is 4.98 Å². The number of anilines is 1. The molecular weight excluding hydrogens is 354 g/mol. The Morgan fingerprint density at radius 1 is 1.04 bits per heavy atom. The largest absolute Gasteiger partial charge is 0.349 e. The van der Waals surface area contributed by atoms with Crippen molar-refractivity contribution in [2.24, 2.45) is 0 Å². The molecule has 2 aromatic rings. The van der Waals surface area contributed by atoms with Gasteiger partial charge in [0.1, 0.15) is 4.88 Å². The first-order valence-electron chi connectivity index (χ1n) is 10.3. The number of carbonyl (C=O) groups excluding carboxylic acids is 1. The monoisotopic (exact) mass is 383 g/mol. The van der Waals surface area contributed by atoms with Crippen molar-refractivity contribution in [3.8, 4) is 11.3 Å². The van der Waals surface area contributed by atoms with Gasteiger partial charge in [0.25, 0.3) is 5.91 Å². The van der Waals surface area contributed by atoms with Crippen LogP contribution in [0.4, 0.5) is 5.13 Å². The van der Waals surface area contributed by atoms with Gasteiger partial charge in [-0.2, -0.15) is 0 Å². The molecule has 144 valence electrons. The number of carbonyl (C=O) groups is 1. The molecule has 1 saturated heterocycles. The summed E-state index contributed by atoms with van der Waals surface area (Å²) in [5.41, 5.74) is 3.10. The van der Waals surface area contributed by atoms with Crippen molar-refractivity contribution >= 4 is 22.4 Å². The van der Waals surface area contributed by atoms with Crippen LogP contribution in [-0.2, 0) is 0 Å². The van der Waals surface area contributed by atoms with E-state index in [-0.39, 0.29) is 5.91 Å². The minimum atomic E-state index is 0.0539. The van der Waals surface area contributed by atoms with Crippen LogP contribution in [0.5, 0.6) is 0 Å². The van der Waals surface area contributed by atoms with E-state index in [9.17, 15) is 4.79 Å². The SMILES string of the molecule is Cc1ccc(-c2nc(N3CCCCC3)sc2C(=O)NC2CCCCC2)cc1. The van der Waals surface area contributed by atoms with Gasteiger partial charge in [0.05, 0.1) is 5.69 Å². The van der Waals surface area contributed by atoms with Gasteiger partial charge >= 0.3 is 0 Å². The van der Waals surface area contributed by atoms with Gasteiger partial charge in [-0.3, -0.25) is 4.79 Å². The third-order valence-electron chi connectivity index (χ3n) is 5.71. The highest BCUT2D eigenvalue weighted by Crippen LogP contribution is 2.35. The second-order valence-corrected chi connectivity index (χ2v) is 8.87. The molecule has 0 spiro atoms. The molecule has 2 fully saturated rings. The lowest BCUT2D eigenvalue weighted by atomic mass is 9.95. The van der Waals surface area contributed by atoms with E-state index in [0.29, 0.717) is 6.04 Å². The summed E-state index contributed by atoms with van der Waals surface area (Å²) >= 11 is 1.56. The third kappa shape index (κ3) is 4.34. The predicted molar refractivity (Wildman–Crippen MR) is 113 cm³/mol. The summed E-state index contributed by atoms with van der Waals surface area (Å²) in [6.45, 7) is 4.18. The van der Waals surface area contributed by atoms with E-state index < -0.39 is 0 Å². The van der Waals surface area contributed by atoms with Gasteiger partial charge in [0.15, 0.2) is 5.13 Å². The predicted octanol–water partition coefficient (Wildman–Crippen LogP) is 5.17. The molecule has 2 heterocycles. The number of hydrogen-bond acceptors (Lipinski definition) is 4. The summed E-state index contributed by atoms with van der Waals surface area (Å²) in [5.74, 6) is 0.0539. The number of aromatic nitrogens is 1. The minimum absolute atomic E-state index is 0.0539. The van der Waals surface area contributed by atoms with Crippen LogP contribution in [0.15, 0.2) is 24.3 Å². The van der Waals surface area contributed by atoms with Gasteiger partial charge in [0.2, 0.25) is 0 Å². The lowest BCUT2D eigenvalue weighted by molar-refractivity contribution is 0.0932. The van der Waals surface area contributed by atoms with Crippen molar-refractivity contribution in [2.45, 2.75) is 64.3 Å². The highest BCUT2D eigenvalue weighted by molar-refractivity contribution is 7.18. The average molecular weight is 384 g/mol. The van der Waals surface area contributed by atoms with Crippen LogP contribution >= 0.6 is 11.3 Å². The summed E-state index contributed by atoms with van der Waals surface area (Å²) in [5, 5.41) is 4.29. The third-order valence-corrected chi connectivity index (χ3v) is 6.83. The maximum Gasteiger partial charge on any atom is 0.263 e. The van der Waals surface area contributed by atoms with Crippen LogP contribution in [0.2, 0.25) is 0 Å². The van der Waals surface area contributed by atoms with Crippen LogP contribution in [-0.4, -0.2) is 30.0 Å². The van der Waals surface area contributed by atoms with E-state index >= 15 is 0 Å². The van der Waals surface area contributed by atoms with Crippen LogP contribution in [0, 0.1) is 6.92 Å². The summed E-state index contributed by atoms with van der Waals surface area (Å²) in [4.78, 5) is 21.2. The Balaban J connectivity index is 1.63. The second kappa shape index (κ2) is 8.42. The fourth-order valence-corrected chi connectivity index (χ4v) is 5.13. The molecule has 4 nitrogen and oxygen atoms in total. The molecule has 1 aromatic carbocycles. The highest BCUT2D eigenvalue weighted by Gasteiger charge is 2.25.